The third kappa shape index (κ3) is 4.69. The van der Waals surface area contributed by atoms with Crippen molar-refractivity contribution in [3.8, 4) is 11.5 Å². The third-order valence-electron chi connectivity index (χ3n) is 5.35. The molecule has 0 spiro atoms. The summed E-state index contributed by atoms with van der Waals surface area (Å²) in [6.45, 7) is 0.141. The molecule has 0 radical (unpaired) electrons. The van der Waals surface area contributed by atoms with Gasteiger partial charge in [0.15, 0.2) is 16.7 Å². The number of nitrogens with zero attached hydrogens (tertiary/aromatic N) is 2. The molecule has 1 aliphatic heterocycles. The topological polar surface area (TPSA) is 112 Å². The van der Waals surface area contributed by atoms with E-state index in [1.54, 1.807) is 67.7 Å². The molecule has 5 rings (SSSR count). The van der Waals surface area contributed by atoms with Gasteiger partial charge in [-0.2, -0.15) is 0 Å². The van der Waals surface area contributed by atoms with E-state index in [0.717, 1.165) is 11.8 Å². The van der Waals surface area contributed by atoms with Gasteiger partial charge in [-0.25, -0.2) is 4.98 Å². The molecule has 35 heavy (non-hydrogen) atoms. The van der Waals surface area contributed by atoms with Crippen LogP contribution in [0.2, 0.25) is 0 Å². The molecular formula is C25H20N4O5S. The molecule has 2 heterocycles. The molecule has 0 bridgehead atoms. The van der Waals surface area contributed by atoms with Crippen LogP contribution < -0.4 is 25.7 Å². The Morgan fingerprint density at radius 2 is 1.77 bits per heavy atom. The van der Waals surface area contributed by atoms with Crippen LogP contribution in [0.4, 0.5) is 11.4 Å². The molecule has 0 unspecified atom stereocenters. The Morgan fingerprint density at radius 1 is 1.00 bits per heavy atom. The van der Waals surface area contributed by atoms with Gasteiger partial charge in [-0.3, -0.25) is 19.0 Å². The number of amides is 2. The zero-order valence-electron chi connectivity index (χ0n) is 18.6. The van der Waals surface area contributed by atoms with E-state index in [2.05, 4.69) is 15.6 Å². The van der Waals surface area contributed by atoms with E-state index in [4.69, 9.17) is 9.47 Å². The fraction of sp³-hybridized carbons (Fsp3) is 0.120. The van der Waals surface area contributed by atoms with Gasteiger partial charge in [-0.05, 0) is 36.4 Å². The van der Waals surface area contributed by atoms with Crippen LogP contribution in [0.1, 0.15) is 10.4 Å². The number of hydrogen-bond donors (Lipinski definition) is 2. The van der Waals surface area contributed by atoms with Crippen molar-refractivity contribution in [2.24, 2.45) is 7.05 Å². The van der Waals surface area contributed by atoms with Gasteiger partial charge in [0, 0.05) is 18.8 Å². The Kier molecular flexibility index (Phi) is 6.11. The largest absolute Gasteiger partial charge is 0.454 e. The lowest BCUT2D eigenvalue weighted by Crippen LogP contribution is -2.22. The molecule has 1 aromatic heterocycles. The summed E-state index contributed by atoms with van der Waals surface area (Å²) in [7, 11) is 1.62. The normalized spacial score (nSPS) is 11.9. The summed E-state index contributed by atoms with van der Waals surface area (Å²) in [6, 6.07) is 18.9. The Morgan fingerprint density at radius 3 is 2.66 bits per heavy atom. The quantitative estimate of drug-likeness (QED) is 0.315. The minimum absolute atomic E-state index is 0.0106. The predicted molar refractivity (Wildman–Crippen MR) is 133 cm³/mol. The Balaban J connectivity index is 1.27. The van der Waals surface area contributed by atoms with E-state index in [1.807, 2.05) is 6.07 Å². The van der Waals surface area contributed by atoms with Gasteiger partial charge >= 0.3 is 0 Å². The van der Waals surface area contributed by atoms with E-state index in [0.29, 0.717) is 44.5 Å². The van der Waals surface area contributed by atoms with E-state index in [9.17, 15) is 14.4 Å². The second-order valence-corrected chi connectivity index (χ2v) is 8.62. The molecule has 9 nitrogen and oxygen atoms in total. The summed E-state index contributed by atoms with van der Waals surface area (Å²) in [5.41, 5.74) is 1.61. The summed E-state index contributed by atoms with van der Waals surface area (Å²) in [6.07, 6.45) is 0. The number of anilines is 2. The summed E-state index contributed by atoms with van der Waals surface area (Å²) in [5.74, 6) is 0.466. The average Bonchev–Trinajstić information content (AvgIpc) is 3.33. The molecule has 10 heteroatoms. The van der Waals surface area contributed by atoms with E-state index in [-0.39, 0.29) is 29.9 Å². The van der Waals surface area contributed by atoms with Crippen LogP contribution in [0.5, 0.6) is 11.5 Å². The molecule has 0 atom stereocenters. The molecule has 0 aliphatic carbocycles. The van der Waals surface area contributed by atoms with Gasteiger partial charge in [-0.15, -0.1) is 0 Å². The van der Waals surface area contributed by atoms with Crippen molar-refractivity contribution in [1.29, 1.82) is 0 Å². The van der Waals surface area contributed by atoms with Crippen molar-refractivity contribution < 1.29 is 19.1 Å². The highest BCUT2D eigenvalue weighted by Gasteiger charge is 2.17. The minimum atomic E-state index is -0.383. The Labute approximate surface area is 204 Å². The highest BCUT2D eigenvalue weighted by molar-refractivity contribution is 7.99. The zero-order valence-corrected chi connectivity index (χ0v) is 19.4. The number of aromatic nitrogens is 2. The van der Waals surface area contributed by atoms with Crippen LogP contribution >= 0.6 is 11.8 Å². The lowest BCUT2D eigenvalue weighted by Gasteiger charge is -2.12. The fourth-order valence-corrected chi connectivity index (χ4v) is 4.38. The number of benzene rings is 3. The average molecular weight is 489 g/mol. The van der Waals surface area contributed by atoms with Gasteiger partial charge in [0.25, 0.3) is 11.5 Å². The highest BCUT2D eigenvalue weighted by atomic mass is 32.2. The van der Waals surface area contributed by atoms with Crippen molar-refractivity contribution in [2.75, 3.05) is 23.2 Å². The van der Waals surface area contributed by atoms with Gasteiger partial charge in [0.05, 0.1) is 27.9 Å². The third-order valence-corrected chi connectivity index (χ3v) is 6.38. The predicted octanol–water partition coefficient (Wildman–Crippen LogP) is 3.65. The SMILES string of the molecule is Cn1c(SCC(=O)Nc2ccccc2C(=O)Nc2ccc3c(c2)OCO3)nc2ccccc2c1=O. The number of thioether (sulfide) groups is 1. The van der Waals surface area contributed by atoms with Gasteiger partial charge in [0.1, 0.15) is 0 Å². The smallest absolute Gasteiger partial charge is 0.261 e. The van der Waals surface area contributed by atoms with Gasteiger partial charge < -0.3 is 20.1 Å². The van der Waals surface area contributed by atoms with Crippen LogP contribution in [-0.2, 0) is 11.8 Å². The number of carbonyl (C=O) groups excluding carboxylic acids is 2. The molecule has 2 amide bonds. The first kappa shape index (κ1) is 22.5. The lowest BCUT2D eigenvalue weighted by atomic mass is 10.1. The zero-order chi connectivity index (χ0) is 24.4. The summed E-state index contributed by atoms with van der Waals surface area (Å²) < 4.78 is 12.1. The number of fused-ring (bicyclic) bond motifs is 2. The lowest BCUT2D eigenvalue weighted by molar-refractivity contribution is -0.113. The molecule has 0 saturated carbocycles. The van der Waals surface area contributed by atoms with Gasteiger partial charge in [-0.1, -0.05) is 36.0 Å². The summed E-state index contributed by atoms with van der Waals surface area (Å²) in [5, 5.41) is 6.54. The Hall–Kier alpha value is -4.31. The van der Waals surface area contributed by atoms with E-state index >= 15 is 0 Å². The first-order valence-electron chi connectivity index (χ1n) is 10.7. The molecule has 0 fully saturated rings. The standard InChI is InChI=1S/C25H20N4O5S/c1-29-24(32)17-7-3-5-9-19(17)28-25(29)35-13-22(30)27-18-8-4-2-6-16(18)23(31)26-15-10-11-20-21(12-15)34-14-33-20/h2-12H,13-14H2,1H3,(H,26,31)(H,27,30). The monoisotopic (exact) mass is 488 g/mol. The minimum Gasteiger partial charge on any atom is -0.454 e. The first-order chi connectivity index (χ1) is 17.0. The number of para-hydroxylation sites is 2. The molecule has 3 aromatic carbocycles. The number of nitrogens with one attached hydrogen (secondary N) is 2. The molecule has 0 saturated heterocycles. The van der Waals surface area contributed by atoms with Crippen molar-refractivity contribution >= 4 is 45.9 Å². The van der Waals surface area contributed by atoms with Crippen molar-refractivity contribution in [3.63, 3.8) is 0 Å². The van der Waals surface area contributed by atoms with E-state index < -0.39 is 0 Å². The highest BCUT2D eigenvalue weighted by Crippen LogP contribution is 2.34. The number of rotatable bonds is 6. The second kappa shape index (κ2) is 9.51. The van der Waals surface area contributed by atoms with Crippen LogP contribution in [0, 0.1) is 0 Å². The van der Waals surface area contributed by atoms with Crippen LogP contribution in [-0.4, -0.2) is 33.9 Å². The summed E-state index contributed by atoms with van der Waals surface area (Å²) in [4.78, 5) is 42.7. The second-order valence-electron chi connectivity index (χ2n) is 7.68. The van der Waals surface area contributed by atoms with Crippen LogP contribution in [0.3, 0.4) is 0 Å². The summed E-state index contributed by atoms with van der Waals surface area (Å²) >= 11 is 1.15. The first-order valence-corrected chi connectivity index (χ1v) is 11.7. The fourth-order valence-electron chi connectivity index (χ4n) is 3.61. The van der Waals surface area contributed by atoms with Crippen molar-refractivity contribution in [2.45, 2.75) is 5.16 Å². The molecule has 4 aromatic rings. The van der Waals surface area contributed by atoms with Crippen molar-refractivity contribution in [1.82, 2.24) is 9.55 Å². The molecule has 1 aliphatic rings. The van der Waals surface area contributed by atoms with Crippen LogP contribution in [0.25, 0.3) is 10.9 Å². The maximum Gasteiger partial charge on any atom is 0.261 e. The van der Waals surface area contributed by atoms with Gasteiger partial charge in [0.2, 0.25) is 12.7 Å². The van der Waals surface area contributed by atoms with Crippen molar-refractivity contribution in [3.05, 3.63) is 82.6 Å². The number of hydrogen-bond acceptors (Lipinski definition) is 7. The number of ether oxygens (including phenoxy) is 2. The Bertz CT molecular complexity index is 1520. The maximum atomic E-state index is 12.9. The maximum absolute atomic E-state index is 12.9. The van der Waals surface area contributed by atoms with Crippen LogP contribution in [0.15, 0.2) is 76.7 Å². The number of carbonyl (C=O) groups is 2. The van der Waals surface area contributed by atoms with E-state index in [1.165, 1.54) is 4.57 Å². The molecule has 176 valence electrons. The molecule has 2 N–H and O–H groups in total. The molecular weight excluding hydrogens is 468 g/mol.